The van der Waals surface area contributed by atoms with Gasteiger partial charge in [0.2, 0.25) is 0 Å². The summed E-state index contributed by atoms with van der Waals surface area (Å²) in [6.45, 7) is 0. The molecule has 0 spiro atoms. The molecule has 0 fully saturated rings. The lowest BCUT2D eigenvalue weighted by Gasteiger charge is -2.09. The first-order valence-electron chi connectivity index (χ1n) is 5.72. The Kier molecular flexibility index (Phi) is 4.18. The Morgan fingerprint density at radius 3 is 2.28 bits per heavy atom. The zero-order valence-electron chi connectivity index (χ0n) is 10.5. The minimum atomic E-state index is 0.0665. The fourth-order valence-electron chi connectivity index (χ4n) is 1.66. The summed E-state index contributed by atoms with van der Waals surface area (Å²) >= 11 is 1.61. The molecule has 2 aromatic carbocycles. The molecule has 2 nitrogen and oxygen atoms in total. The van der Waals surface area contributed by atoms with Gasteiger partial charge in [0.1, 0.15) is 0 Å². The maximum atomic E-state index is 12.3. The van der Waals surface area contributed by atoms with E-state index in [1.165, 1.54) is 0 Å². The highest BCUT2D eigenvalue weighted by atomic mass is 32.2. The van der Waals surface area contributed by atoms with Crippen LogP contribution in [0.15, 0.2) is 59.5 Å². The quantitative estimate of drug-likeness (QED) is 0.618. The van der Waals surface area contributed by atoms with Gasteiger partial charge >= 0.3 is 0 Å². The molecule has 18 heavy (non-hydrogen) atoms. The van der Waals surface area contributed by atoms with Crippen LogP contribution in [0, 0.1) is 0 Å². The Bertz CT molecular complexity index is 537. The van der Waals surface area contributed by atoms with Crippen molar-refractivity contribution < 1.29 is 4.79 Å². The molecule has 0 aliphatic heterocycles. The fourth-order valence-corrected chi connectivity index (χ4v) is 2.40. The van der Waals surface area contributed by atoms with Crippen molar-refractivity contribution in [1.82, 2.24) is 4.31 Å². The topological polar surface area (TPSA) is 20.3 Å². The second-order valence-electron chi connectivity index (χ2n) is 4.13. The van der Waals surface area contributed by atoms with Gasteiger partial charge in [-0.1, -0.05) is 42.5 Å². The van der Waals surface area contributed by atoms with E-state index in [0.717, 1.165) is 16.0 Å². The summed E-state index contributed by atoms with van der Waals surface area (Å²) in [5, 5.41) is 0. The normalized spacial score (nSPS) is 10.6. The van der Waals surface area contributed by atoms with Crippen LogP contribution in [0.4, 0.5) is 0 Å². The molecule has 0 amide bonds. The van der Waals surface area contributed by atoms with Gasteiger partial charge in [-0.15, -0.1) is 0 Å². The van der Waals surface area contributed by atoms with Crippen molar-refractivity contribution >= 4 is 17.7 Å². The van der Waals surface area contributed by atoms with Crippen LogP contribution in [0.2, 0.25) is 0 Å². The predicted octanol–water partition coefficient (Wildman–Crippen LogP) is 3.49. The first-order chi connectivity index (χ1) is 8.66. The zero-order chi connectivity index (χ0) is 13.0. The Labute approximate surface area is 112 Å². The zero-order valence-corrected chi connectivity index (χ0v) is 11.3. The molecule has 3 heteroatoms. The standard InChI is InChI=1S/C15H15NOS/c1-16(2)18-14-10-6-9-13(11-14)15(17)12-7-4-3-5-8-12/h3-11H,1-2H3. The number of nitrogens with zero attached hydrogens (tertiary/aromatic N) is 1. The highest BCUT2D eigenvalue weighted by molar-refractivity contribution is 7.97. The molecule has 0 saturated carbocycles. The molecule has 0 aliphatic rings. The lowest BCUT2D eigenvalue weighted by atomic mass is 10.0. The summed E-state index contributed by atoms with van der Waals surface area (Å²) in [6, 6.07) is 17.1. The van der Waals surface area contributed by atoms with E-state index in [1.807, 2.05) is 73.0 Å². The molecule has 0 aliphatic carbocycles. The van der Waals surface area contributed by atoms with Gasteiger partial charge in [0.25, 0.3) is 0 Å². The summed E-state index contributed by atoms with van der Waals surface area (Å²) in [5.41, 5.74) is 1.46. The molecule has 0 heterocycles. The number of benzene rings is 2. The van der Waals surface area contributed by atoms with Crippen LogP contribution >= 0.6 is 11.9 Å². The van der Waals surface area contributed by atoms with E-state index in [9.17, 15) is 4.79 Å². The van der Waals surface area contributed by atoms with Gasteiger partial charge in [-0.25, -0.2) is 0 Å². The van der Waals surface area contributed by atoms with E-state index in [0.29, 0.717) is 0 Å². The van der Waals surface area contributed by atoms with Gasteiger partial charge in [0.05, 0.1) is 0 Å². The molecule has 2 rings (SSSR count). The predicted molar refractivity (Wildman–Crippen MR) is 75.9 cm³/mol. The summed E-state index contributed by atoms with van der Waals surface area (Å²) in [5.74, 6) is 0.0665. The summed E-state index contributed by atoms with van der Waals surface area (Å²) in [7, 11) is 3.96. The van der Waals surface area contributed by atoms with Crippen molar-refractivity contribution in [3.63, 3.8) is 0 Å². The van der Waals surface area contributed by atoms with Crippen LogP contribution in [-0.4, -0.2) is 24.2 Å². The highest BCUT2D eigenvalue weighted by Crippen LogP contribution is 2.21. The van der Waals surface area contributed by atoms with Crippen molar-refractivity contribution in [3.05, 3.63) is 65.7 Å². The Morgan fingerprint density at radius 2 is 1.61 bits per heavy atom. The van der Waals surface area contributed by atoms with Crippen molar-refractivity contribution in [1.29, 1.82) is 0 Å². The lowest BCUT2D eigenvalue weighted by Crippen LogP contribution is -2.02. The number of hydrogen-bond acceptors (Lipinski definition) is 3. The van der Waals surface area contributed by atoms with Gasteiger partial charge in [-0.05, 0) is 38.2 Å². The number of ketones is 1. The van der Waals surface area contributed by atoms with Gasteiger partial charge in [-0.3, -0.25) is 9.10 Å². The molecule has 0 aromatic heterocycles. The summed E-state index contributed by atoms with van der Waals surface area (Å²) < 4.78 is 2.01. The Morgan fingerprint density at radius 1 is 0.944 bits per heavy atom. The molecule has 92 valence electrons. The van der Waals surface area contributed by atoms with E-state index >= 15 is 0 Å². The Balaban J connectivity index is 2.26. The van der Waals surface area contributed by atoms with E-state index in [1.54, 1.807) is 11.9 Å². The largest absolute Gasteiger partial charge is 0.289 e. The minimum Gasteiger partial charge on any atom is -0.289 e. The number of hydrogen-bond donors (Lipinski definition) is 0. The monoisotopic (exact) mass is 257 g/mol. The van der Waals surface area contributed by atoms with Crippen molar-refractivity contribution in [2.45, 2.75) is 4.90 Å². The smallest absolute Gasteiger partial charge is 0.193 e. The molecular weight excluding hydrogens is 242 g/mol. The first-order valence-corrected chi connectivity index (χ1v) is 6.49. The molecule has 0 N–H and O–H groups in total. The molecule has 0 unspecified atom stereocenters. The van der Waals surface area contributed by atoms with Crippen LogP contribution in [0.5, 0.6) is 0 Å². The van der Waals surface area contributed by atoms with Gasteiger partial charge in [-0.2, -0.15) is 0 Å². The number of carbonyl (C=O) groups excluding carboxylic acids is 1. The number of carbonyl (C=O) groups is 1. The second kappa shape index (κ2) is 5.85. The molecule has 0 saturated heterocycles. The van der Waals surface area contributed by atoms with Crippen LogP contribution in [0.25, 0.3) is 0 Å². The number of rotatable bonds is 4. The molecule has 0 bridgehead atoms. The van der Waals surface area contributed by atoms with Gasteiger partial charge in [0.15, 0.2) is 5.78 Å². The van der Waals surface area contributed by atoms with Crippen LogP contribution in [0.1, 0.15) is 15.9 Å². The minimum absolute atomic E-state index is 0.0665. The SMILES string of the molecule is CN(C)Sc1cccc(C(=O)c2ccccc2)c1. The van der Waals surface area contributed by atoms with Crippen LogP contribution < -0.4 is 0 Å². The van der Waals surface area contributed by atoms with Crippen molar-refractivity contribution in [2.75, 3.05) is 14.1 Å². The van der Waals surface area contributed by atoms with E-state index in [-0.39, 0.29) is 5.78 Å². The van der Waals surface area contributed by atoms with Crippen LogP contribution in [-0.2, 0) is 0 Å². The molecule has 2 aromatic rings. The average Bonchev–Trinajstić information content (AvgIpc) is 2.38. The van der Waals surface area contributed by atoms with Crippen molar-refractivity contribution in [3.8, 4) is 0 Å². The van der Waals surface area contributed by atoms with Crippen LogP contribution in [0.3, 0.4) is 0 Å². The van der Waals surface area contributed by atoms with Gasteiger partial charge < -0.3 is 0 Å². The fraction of sp³-hybridized carbons (Fsp3) is 0.133. The van der Waals surface area contributed by atoms with E-state index in [2.05, 4.69) is 0 Å². The third-order valence-electron chi connectivity index (χ3n) is 2.42. The molecule has 0 atom stereocenters. The third kappa shape index (κ3) is 3.22. The van der Waals surface area contributed by atoms with Gasteiger partial charge in [0, 0.05) is 16.0 Å². The maximum Gasteiger partial charge on any atom is 0.193 e. The molecule has 0 radical (unpaired) electrons. The second-order valence-corrected chi connectivity index (χ2v) is 5.51. The first kappa shape index (κ1) is 12.9. The maximum absolute atomic E-state index is 12.3. The lowest BCUT2D eigenvalue weighted by molar-refractivity contribution is 0.103. The summed E-state index contributed by atoms with van der Waals surface area (Å²) in [4.78, 5) is 13.3. The Hall–Kier alpha value is -1.58. The molecular formula is C15H15NOS. The average molecular weight is 257 g/mol. The van der Waals surface area contributed by atoms with Crippen molar-refractivity contribution in [2.24, 2.45) is 0 Å². The highest BCUT2D eigenvalue weighted by Gasteiger charge is 2.09. The third-order valence-corrected chi connectivity index (χ3v) is 3.25. The van der Waals surface area contributed by atoms with E-state index < -0.39 is 0 Å². The summed E-state index contributed by atoms with van der Waals surface area (Å²) in [6.07, 6.45) is 0. The van der Waals surface area contributed by atoms with E-state index in [4.69, 9.17) is 0 Å².